The Labute approximate surface area is 346 Å². The van der Waals surface area contributed by atoms with Crippen LogP contribution in [-0.2, 0) is 22.4 Å². The third kappa shape index (κ3) is 11.7. The number of hydrogen-bond donors (Lipinski definition) is 6. The lowest BCUT2D eigenvalue weighted by Gasteiger charge is -2.13. The molecule has 0 unspecified atom stereocenters. The maximum absolute atomic E-state index is 10.9. The van der Waals surface area contributed by atoms with Crippen molar-refractivity contribution in [2.75, 3.05) is 0 Å². The number of aromatic hydroxyl groups is 2. The summed E-state index contributed by atoms with van der Waals surface area (Å²) in [4.78, 5) is 21.7. The third-order valence-corrected chi connectivity index (χ3v) is 10.9. The van der Waals surface area contributed by atoms with E-state index in [-0.39, 0.29) is 24.3 Å². The van der Waals surface area contributed by atoms with Crippen LogP contribution in [0, 0.1) is 21.4 Å². The summed E-state index contributed by atoms with van der Waals surface area (Å²) in [5, 5.41) is 37.1. The molecule has 8 N–H and O–H groups in total. The maximum atomic E-state index is 10.9. The van der Waals surface area contributed by atoms with Crippen LogP contribution in [0.15, 0.2) is 60.7 Å². The molecule has 2 atom stereocenters. The number of nitrogens with two attached hydrogens (primary N) is 2. The van der Waals surface area contributed by atoms with Gasteiger partial charge in [0.05, 0.1) is 21.4 Å². The molecule has 0 fully saturated rings. The first-order valence-corrected chi connectivity index (χ1v) is 19.3. The monoisotopic (exact) mass is 1300 g/mol. The number of phenolic OH excluding ortho intramolecular Hbond substituents is 2. The van der Waals surface area contributed by atoms with Crippen molar-refractivity contribution in [1.29, 1.82) is 0 Å². The molecule has 0 aliphatic rings. The highest BCUT2D eigenvalue weighted by atomic mass is 127. The van der Waals surface area contributed by atoms with Gasteiger partial charge in [-0.3, -0.25) is 9.59 Å². The van der Waals surface area contributed by atoms with E-state index in [9.17, 15) is 19.8 Å². The van der Waals surface area contributed by atoms with E-state index in [1.54, 1.807) is 42.5 Å². The summed E-state index contributed by atoms with van der Waals surface area (Å²) in [7, 11) is 0. The average molecular weight is 1300 g/mol. The van der Waals surface area contributed by atoms with E-state index in [1.807, 2.05) is 86.0 Å². The van der Waals surface area contributed by atoms with E-state index < -0.39 is 24.0 Å². The Morgan fingerprint density at radius 3 is 1.61 bits per heavy atom. The predicted molar refractivity (Wildman–Crippen MR) is 224 cm³/mol. The van der Waals surface area contributed by atoms with Crippen LogP contribution in [0.4, 0.5) is 0 Å². The highest BCUT2D eigenvalue weighted by molar-refractivity contribution is 14.1. The smallest absolute Gasteiger partial charge is 0.320 e. The molecule has 0 bridgehead atoms. The summed E-state index contributed by atoms with van der Waals surface area (Å²) in [6, 6.07) is 15.9. The minimum Gasteiger partial charge on any atom is -0.507 e. The zero-order valence-electron chi connectivity index (χ0n) is 23.2. The molecule has 244 valence electrons. The Hall–Kier alpha value is -0.680. The molecule has 0 heterocycles. The highest BCUT2D eigenvalue weighted by Crippen LogP contribution is 2.36. The Morgan fingerprint density at radius 1 is 0.609 bits per heavy atom. The minimum absolute atomic E-state index is 0.209. The number of carbonyl (C=O) groups is 2. The molecule has 0 radical (unpaired) electrons. The summed E-state index contributed by atoms with van der Waals surface area (Å²) >= 11 is 12.6. The third-order valence-electron chi connectivity index (χ3n) is 5.96. The van der Waals surface area contributed by atoms with Crippen molar-refractivity contribution in [1.82, 2.24) is 0 Å². The lowest BCUT2D eigenvalue weighted by Crippen LogP contribution is -2.32. The normalized spacial score (nSPS) is 12.0. The van der Waals surface area contributed by atoms with Crippen molar-refractivity contribution in [2.24, 2.45) is 11.5 Å². The molecule has 0 saturated carbocycles. The first kappa shape index (κ1) is 39.8. The van der Waals surface area contributed by atoms with Gasteiger partial charge in [0.15, 0.2) is 5.75 Å². The Bertz CT molecular complexity index is 1710. The van der Waals surface area contributed by atoms with Crippen LogP contribution >= 0.6 is 136 Å². The first-order chi connectivity index (χ1) is 21.5. The van der Waals surface area contributed by atoms with Gasteiger partial charge in [0, 0.05) is 0 Å². The van der Waals surface area contributed by atoms with Crippen LogP contribution in [0.5, 0.6) is 34.5 Å². The summed E-state index contributed by atoms with van der Waals surface area (Å²) in [5.74, 6) is 1.02. The number of rotatable bonds is 10. The molecule has 0 amide bonds. The number of benzene rings is 4. The Balaban J connectivity index is 0.000000250. The van der Waals surface area contributed by atoms with Crippen molar-refractivity contribution in [2.45, 2.75) is 24.9 Å². The van der Waals surface area contributed by atoms with Gasteiger partial charge < -0.3 is 41.4 Å². The Morgan fingerprint density at radius 2 is 1.11 bits per heavy atom. The summed E-state index contributed by atoms with van der Waals surface area (Å²) in [6.07, 6.45) is 0.527. The topological polar surface area (TPSA) is 186 Å². The number of halogens is 6. The second kappa shape index (κ2) is 18.4. The fourth-order valence-electron chi connectivity index (χ4n) is 3.66. The zero-order chi connectivity index (χ0) is 34.3. The average Bonchev–Trinajstić information content (AvgIpc) is 2.97. The van der Waals surface area contributed by atoms with E-state index in [0.717, 1.165) is 21.8 Å². The van der Waals surface area contributed by atoms with Crippen molar-refractivity contribution in [3.05, 3.63) is 93.2 Å². The molecule has 0 spiro atoms. The molecule has 46 heavy (non-hydrogen) atoms. The van der Waals surface area contributed by atoms with Gasteiger partial charge in [-0.05, 0) is 214 Å². The number of ether oxygens (including phenoxy) is 2. The van der Waals surface area contributed by atoms with E-state index in [1.165, 1.54) is 0 Å². The van der Waals surface area contributed by atoms with Crippen LogP contribution in [0.1, 0.15) is 11.1 Å². The molecule has 0 aromatic heterocycles. The molecule has 16 heteroatoms. The first-order valence-electron chi connectivity index (χ1n) is 12.8. The lowest BCUT2D eigenvalue weighted by molar-refractivity contribution is -0.139. The van der Waals surface area contributed by atoms with E-state index in [4.69, 9.17) is 31.2 Å². The summed E-state index contributed by atoms with van der Waals surface area (Å²) < 4.78 is 16.5. The minimum atomic E-state index is -1.02. The molecular formula is C30H24I6N2O8. The zero-order valence-corrected chi connectivity index (χ0v) is 36.1. The SMILES string of the molecule is N[C@@H](Cc1cc(I)c(Oc2ccc(O)c(I)c2)c(I)c1)C(=O)O.N[C@@H](Cc1ccc(Oc2cc(I)c(O)c(I)c2)c(I)c1)C(=O)O. The maximum Gasteiger partial charge on any atom is 0.320 e. The fourth-order valence-corrected chi connectivity index (χ4v) is 8.67. The quantitative estimate of drug-likeness (QED) is 0.0854. The van der Waals surface area contributed by atoms with Crippen LogP contribution in [-0.4, -0.2) is 44.4 Å². The van der Waals surface area contributed by atoms with E-state index in [0.29, 0.717) is 33.7 Å². The molecule has 0 aliphatic heterocycles. The van der Waals surface area contributed by atoms with Gasteiger partial charge >= 0.3 is 11.9 Å². The second-order valence-corrected chi connectivity index (χ2v) is 16.5. The number of aliphatic carboxylic acids is 2. The summed E-state index contributed by atoms with van der Waals surface area (Å²) in [5.41, 5.74) is 12.8. The van der Waals surface area contributed by atoms with Crippen molar-refractivity contribution in [3.8, 4) is 34.5 Å². The number of phenols is 2. The molecular weight excluding hydrogens is 1280 g/mol. The molecule has 0 saturated heterocycles. The fraction of sp³-hybridized carbons (Fsp3) is 0.133. The van der Waals surface area contributed by atoms with Gasteiger partial charge in [-0.1, -0.05) is 6.07 Å². The van der Waals surface area contributed by atoms with Crippen LogP contribution < -0.4 is 20.9 Å². The predicted octanol–water partition coefficient (Wildman–Crippen LogP) is 7.91. The number of carboxylic acid groups (broad SMARTS) is 2. The van der Waals surface area contributed by atoms with Gasteiger partial charge in [-0.25, -0.2) is 0 Å². The highest BCUT2D eigenvalue weighted by Gasteiger charge is 2.17. The molecule has 4 rings (SSSR count). The van der Waals surface area contributed by atoms with Gasteiger partial charge in [-0.2, -0.15) is 0 Å². The van der Waals surface area contributed by atoms with Gasteiger partial charge in [0.2, 0.25) is 0 Å². The second-order valence-electron chi connectivity index (χ2n) is 9.50. The molecule has 10 nitrogen and oxygen atoms in total. The van der Waals surface area contributed by atoms with Gasteiger partial charge in [0.1, 0.15) is 40.8 Å². The molecule has 4 aromatic carbocycles. The standard InChI is InChI=1S/2C15H12I3NO4/c16-9-6-8(1-2-13(9)20)23-14-10(17)3-7(4-11(14)18)5-12(19)15(21)22;16-9-3-7(4-12(19)15(21)22)1-2-13(9)23-8-5-10(17)14(20)11(18)6-8/h1-4,6,12,20H,5,19H2,(H,21,22);1-3,5-6,12,20H,4,19H2,(H,21,22)/t2*12-/m00/s1. The number of carboxylic acids is 2. The summed E-state index contributed by atoms with van der Waals surface area (Å²) in [6.45, 7) is 0. The Kier molecular flexibility index (Phi) is 15.9. The van der Waals surface area contributed by atoms with Crippen molar-refractivity contribution < 1.29 is 39.5 Å². The van der Waals surface area contributed by atoms with Crippen LogP contribution in [0.3, 0.4) is 0 Å². The van der Waals surface area contributed by atoms with Crippen molar-refractivity contribution in [3.63, 3.8) is 0 Å². The van der Waals surface area contributed by atoms with E-state index >= 15 is 0 Å². The van der Waals surface area contributed by atoms with Gasteiger partial charge in [0.25, 0.3) is 0 Å². The molecule has 0 aliphatic carbocycles. The van der Waals surface area contributed by atoms with Crippen molar-refractivity contribution >= 4 is 147 Å². The number of hydrogen-bond acceptors (Lipinski definition) is 8. The lowest BCUT2D eigenvalue weighted by atomic mass is 10.1. The van der Waals surface area contributed by atoms with Crippen LogP contribution in [0.25, 0.3) is 0 Å². The van der Waals surface area contributed by atoms with E-state index in [2.05, 4.69) is 67.8 Å². The van der Waals surface area contributed by atoms with Crippen LogP contribution in [0.2, 0.25) is 0 Å². The largest absolute Gasteiger partial charge is 0.507 e. The van der Waals surface area contributed by atoms with Gasteiger partial charge in [-0.15, -0.1) is 0 Å². The molecule has 4 aromatic rings.